The standard InChI is InChI=1S/C51H91NO7/c1-6-8-10-12-14-16-18-20-21-22-23-24-25-26-27-28-29-30-32-34-36-38-40-42-50(54)59-47(45-57-44-43-48(51(55)56)52(3,4)5)46-58-49(53)41-39-37-35-33-31-19-17-15-13-11-9-7-2/h9,11,15,17,26-27,31,33,47-48H,6-8,10,12-14,16,18-25,28-30,32,34-46H2,1-5H3/p+1/b11-9+,17-15+,27-26+,33-31+. The summed E-state index contributed by atoms with van der Waals surface area (Å²) in [5, 5.41) is 9.63. The second kappa shape index (κ2) is 42.0. The normalized spacial score (nSPS) is 13.3. The van der Waals surface area contributed by atoms with Crippen LogP contribution in [0.1, 0.15) is 206 Å². The Kier molecular flexibility index (Phi) is 40.1. The zero-order chi connectivity index (χ0) is 43.5. The maximum atomic E-state index is 12.8. The van der Waals surface area contributed by atoms with Gasteiger partial charge in [0, 0.05) is 19.3 Å². The minimum atomic E-state index is -0.881. The molecule has 0 aliphatic carbocycles. The molecule has 342 valence electrons. The fourth-order valence-corrected chi connectivity index (χ4v) is 6.98. The molecule has 0 saturated heterocycles. The molecule has 0 fully saturated rings. The predicted molar refractivity (Wildman–Crippen MR) is 248 cm³/mol. The van der Waals surface area contributed by atoms with E-state index in [0.29, 0.717) is 19.3 Å². The molecule has 0 aromatic heterocycles. The number of allylic oxidation sites excluding steroid dienone is 8. The van der Waals surface area contributed by atoms with Crippen LogP contribution < -0.4 is 0 Å². The number of hydrogen-bond acceptors (Lipinski definition) is 6. The Hall–Kier alpha value is -2.71. The zero-order valence-electron chi connectivity index (χ0n) is 39.0. The van der Waals surface area contributed by atoms with Crippen molar-refractivity contribution in [2.75, 3.05) is 41.0 Å². The summed E-state index contributed by atoms with van der Waals surface area (Å²) in [7, 11) is 5.51. The number of carbonyl (C=O) groups is 3. The highest BCUT2D eigenvalue weighted by molar-refractivity contribution is 5.72. The van der Waals surface area contributed by atoms with Crippen LogP contribution in [0, 0.1) is 0 Å². The van der Waals surface area contributed by atoms with E-state index in [-0.39, 0.29) is 36.2 Å². The number of rotatable bonds is 43. The third-order valence-electron chi connectivity index (χ3n) is 10.7. The Balaban J connectivity index is 4.24. The molecule has 2 atom stereocenters. The molecule has 0 bridgehead atoms. The summed E-state index contributed by atoms with van der Waals surface area (Å²) in [5.74, 6) is -1.52. The minimum Gasteiger partial charge on any atom is -0.477 e. The van der Waals surface area contributed by atoms with Gasteiger partial charge in [0.1, 0.15) is 6.61 Å². The Bertz CT molecular complexity index is 1110. The Labute approximate surface area is 363 Å². The summed E-state index contributed by atoms with van der Waals surface area (Å²) in [5.41, 5.74) is 0. The lowest BCUT2D eigenvalue weighted by molar-refractivity contribution is -0.887. The van der Waals surface area contributed by atoms with Gasteiger partial charge in [0.25, 0.3) is 0 Å². The van der Waals surface area contributed by atoms with Gasteiger partial charge in [0.05, 0.1) is 34.4 Å². The first kappa shape index (κ1) is 56.3. The van der Waals surface area contributed by atoms with Gasteiger partial charge in [0.2, 0.25) is 0 Å². The van der Waals surface area contributed by atoms with E-state index >= 15 is 0 Å². The van der Waals surface area contributed by atoms with Crippen molar-refractivity contribution in [3.63, 3.8) is 0 Å². The summed E-state index contributed by atoms with van der Waals surface area (Å²) in [6.07, 6.45) is 50.3. The van der Waals surface area contributed by atoms with Gasteiger partial charge in [-0.3, -0.25) is 9.59 Å². The fourth-order valence-electron chi connectivity index (χ4n) is 6.98. The Morgan fingerprint density at radius 2 is 0.949 bits per heavy atom. The van der Waals surface area contributed by atoms with Crippen molar-refractivity contribution >= 4 is 17.9 Å². The summed E-state index contributed by atoms with van der Waals surface area (Å²) in [6, 6.07) is -0.622. The van der Waals surface area contributed by atoms with Crippen LogP contribution >= 0.6 is 0 Å². The van der Waals surface area contributed by atoms with E-state index < -0.39 is 18.1 Å². The number of aliphatic carboxylic acids is 1. The fraction of sp³-hybridized carbons (Fsp3) is 0.784. The molecular weight excluding hydrogens is 739 g/mol. The number of carboxylic acid groups (broad SMARTS) is 1. The van der Waals surface area contributed by atoms with E-state index in [0.717, 1.165) is 57.8 Å². The largest absolute Gasteiger partial charge is 0.477 e. The number of nitrogens with zero attached hydrogens (tertiary/aromatic N) is 1. The van der Waals surface area contributed by atoms with Gasteiger partial charge in [-0.2, -0.15) is 0 Å². The molecule has 8 nitrogen and oxygen atoms in total. The summed E-state index contributed by atoms with van der Waals surface area (Å²) >= 11 is 0. The number of unbranched alkanes of at least 4 members (excludes halogenated alkanes) is 21. The van der Waals surface area contributed by atoms with Crippen molar-refractivity contribution in [1.29, 1.82) is 0 Å². The van der Waals surface area contributed by atoms with Gasteiger partial charge in [0.15, 0.2) is 12.1 Å². The van der Waals surface area contributed by atoms with Gasteiger partial charge in [-0.25, -0.2) is 4.79 Å². The first-order valence-corrected chi connectivity index (χ1v) is 24.2. The average molecular weight is 831 g/mol. The second-order valence-electron chi connectivity index (χ2n) is 17.3. The summed E-state index contributed by atoms with van der Waals surface area (Å²) in [4.78, 5) is 37.0. The Morgan fingerprint density at radius 1 is 0.525 bits per heavy atom. The third kappa shape index (κ3) is 40.5. The number of ether oxygens (including phenoxy) is 3. The molecular formula is C51H92NO7+. The van der Waals surface area contributed by atoms with Crippen LogP contribution in [0.3, 0.4) is 0 Å². The molecule has 0 aliphatic rings. The van der Waals surface area contributed by atoms with Crippen LogP contribution in [0.25, 0.3) is 0 Å². The van der Waals surface area contributed by atoms with E-state index in [2.05, 4.69) is 62.5 Å². The van der Waals surface area contributed by atoms with Gasteiger partial charge >= 0.3 is 17.9 Å². The number of quaternary nitrogens is 1. The maximum Gasteiger partial charge on any atom is 0.362 e. The molecule has 0 amide bonds. The van der Waals surface area contributed by atoms with E-state index in [1.54, 1.807) is 0 Å². The molecule has 0 saturated carbocycles. The maximum absolute atomic E-state index is 12.8. The van der Waals surface area contributed by atoms with E-state index in [4.69, 9.17) is 14.2 Å². The third-order valence-corrected chi connectivity index (χ3v) is 10.7. The predicted octanol–water partition coefficient (Wildman–Crippen LogP) is 13.6. The van der Waals surface area contributed by atoms with Gasteiger partial charge < -0.3 is 23.8 Å². The van der Waals surface area contributed by atoms with E-state index in [9.17, 15) is 19.5 Å². The lowest BCUT2D eigenvalue weighted by Gasteiger charge is -2.31. The second-order valence-corrected chi connectivity index (χ2v) is 17.3. The minimum absolute atomic E-state index is 0.0468. The highest BCUT2D eigenvalue weighted by atomic mass is 16.6. The first-order chi connectivity index (χ1) is 28.6. The lowest BCUT2D eigenvalue weighted by atomic mass is 10.0. The van der Waals surface area contributed by atoms with Crippen molar-refractivity contribution in [2.24, 2.45) is 0 Å². The molecule has 2 unspecified atom stereocenters. The lowest BCUT2D eigenvalue weighted by Crippen LogP contribution is -2.50. The molecule has 0 rings (SSSR count). The summed E-state index contributed by atoms with van der Waals surface area (Å²) < 4.78 is 17.3. The van der Waals surface area contributed by atoms with E-state index in [1.807, 2.05) is 21.1 Å². The first-order valence-electron chi connectivity index (χ1n) is 24.2. The van der Waals surface area contributed by atoms with Crippen molar-refractivity contribution in [2.45, 2.75) is 219 Å². The molecule has 0 heterocycles. The zero-order valence-corrected chi connectivity index (χ0v) is 39.0. The molecule has 0 aromatic rings. The van der Waals surface area contributed by atoms with Gasteiger partial charge in [-0.05, 0) is 70.6 Å². The van der Waals surface area contributed by atoms with Gasteiger partial charge in [-0.15, -0.1) is 0 Å². The van der Waals surface area contributed by atoms with Gasteiger partial charge in [-0.1, -0.05) is 165 Å². The number of carbonyl (C=O) groups excluding carboxylic acids is 2. The number of carboxylic acids is 1. The van der Waals surface area contributed by atoms with Crippen molar-refractivity contribution in [3.8, 4) is 0 Å². The molecule has 59 heavy (non-hydrogen) atoms. The van der Waals surface area contributed by atoms with Crippen molar-refractivity contribution in [1.82, 2.24) is 0 Å². The number of hydrogen-bond donors (Lipinski definition) is 1. The monoisotopic (exact) mass is 831 g/mol. The number of likely N-dealkylation sites (N-methyl/N-ethyl adjacent to an activating group) is 1. The van der Waals surface area contributed by atoms with Crippen LogP contribution in [0.4, 0.5) is 0 Å². The van der Waals surface area contributed by atoms with Crippen LogP contribution in [-0.2, 0) is 28.6 Å². The molecule has 8 heteroatoms. The molecule has 1 N–H and O–H groups in total. The highest BCUT2D eigenvalue weighted by Gasteiger charge is 2.31. The molecule has 0 aliphatic heterocycles. The molecule has 0 aromatic carbocycles. The summed E-state index contributed by atoms with van der Waals surface area (Å²) in [6.45, 7) is 4.59. The Morgan fingerprint density at radius 3 is 1.46 bits per heavy atom. The van der Waals surface area contributed by atoms with Crippen LogP contribution in [-0.4, -0.2) is 80.6 Å². The average Bonchev–Trinajstić information content (AvgIpc) is 3.19. The van der Waals surface area contributed by atoms with Crippen LogP contribution in [0.15, 0.2) is 48.6 Å². The molecule has 0 spiro atoms. The van der Waals surface area contributed by atoms with Crippen molar-refractivity contribution < 1.29 is 38.2 Å². The SMILES string of the molecule is CC/C=C/C/C=C/C/C=C/CCCCC(=O)OCC(COCCC(C(=O)O)[N+](C)(C)C)OC(=O)CCCCCCCCC/C=C/CCCCCCCCCCCCCC. The van der Waals surface area contributed by atoms with E-state index in [1.165, 1.54) is 116 Å². The topological polar surface area (TPSA) is 99.1 Å². The smallest absolute Gasteiger partial charge is 0.362 e. The van der Waals surface area contributed by atoms with Crippen molar-refractivity contribution in [3.05, 3.63) is 48.6 Å². The highest BCUT2D eigenvalue weighted by Crippen LogP contribution is 2.15. The van der Waals surface area contributed by atoms with Crippen LogP contribution in [0.5, 0.6) is 0 Å². The number of esters is 2. The van der Waals surface area contributed by atoms with Crippen LogP contribution in [0.2, 0.25) is 0 Å². The molecule has 0 radical (unpaired) electrons. The quantitative estimate of drug-likeness (QED) is 0.0283.